The highest BCUT2D eigenvalue weighted by molar-refractivity contribution is 5.95. The largest absolute Gasteiger partial charge is 0.493 e. The minimum Gasteiger partial charge on any atom is -0.493 e. The molecule has 0 heterocycles. The van der Waals surface area contributed by atoms with E-state index in [0.717, 1.165) is 11.3 Å². The van der Waals surface area contributed by atoms with E-state index < -0.39 is 0 Å². The van der Waals surface area contributed by atoms with Gasteiger partial charge in [-0.15, -0.1) is 6.58 Å². The van der Waals surface area contributed by atoms with E-state index >= 15 is 0 Å². The summed E-state index contributed by atoms with van der Waals surface area (Å²) in [6, 6.07) is 13.0. The number of benzene rings is 2. The van der Waals surface area contributed by atoms with Crippen LogP contribution in [0.4, 0.5) is 0 Å². The molecule has 0 aromatic heterocycles. The van der Waals surface area contributed by atoms with Gasteiger partial charge in [0.15, 0.2) is 11.5 Å². The smallest absolute Gasteiger partial charge is 0.253 e. The second kappa shape index (κ2) is 9.51. The van der Waals surface area contributed by atoms with Crippen LogP contribution in [0.15, 0.2) is 55.1 Å². The van der Waals surface area contributed by atoms with Crippen LogP contribution < -0.4 is 14.2 Å². The van der Waals surface area contributed by atoms with E-state index in [9.17, 15) is 4.79 Å². The number of amides is 1. The fourth-order valence-corrected chi connectivity index (χ4v) is 2.61. The maximum atomic E-state index is 12.8. The summed E-state index contributed by atoms with van der Waals surface area (Å²) < 4.78 is 16.4. The first kappa shape index (κ1) is 19.4. The number of rotatable bonds is 9. The highest BCUT2D eigenvalue weighted by Crippen LogP contribution is 2.33. The Kier molecular flexibility index (Phi) is 7.09. The Morgan fingerprint density at radius 1 is 1.15 bits per heavy atom. The first-order valence-corrected chi connectivity index (χ1v) is 8.39. The van der Waals surface area contributed by atoms with Crippen molar-refractivity contribution < 1.29 is 19.0 Å². The third-order valence-electron chi connectivity index (χ3n) is 3.95. The van der Waals surface area contributed by atoms with E-state index in [1.807, 2.05) is 36.4 Å². The quantitative estimate of drug-likeness (QED) is 0.645. The van der Waals surface area contributed by atoms with Crippen LogP contribution in [0.25, 0.3) is 0 Å². The third-order valence-corrected chi connectivity index (χ3v) is 3.95. The maximum Gasteiger partial charge on any atom is 0.253 e. The molecule has 0 saturated carbocycles. The van der Waals surface area contributed by atoms with E-state index in [-0.39, 0.29) is 5.91 Å². The van der Waals surface area contributed by atoms with Crippen molar-refractivity contribution in [2.75, 3.05) is 34.4 Å². The van der Waals surface area contributed by atoms with Crippen LogP contribution in [0, 0.1) is 0 Å². The van der Waals surface area contributed by atoms with Crippen LogP contribution in [-0.2, 0) is 6.42 Å². The van der Waals surface area contributed by atoms with Crippen LogP contribution >= 0.6 is 0 Å². The van der Waals surface area contributed by atoms with Crippen LogP contribution in [0.5, 0.6) is 17.2 Å². The van der Waals surface area contributed by atoms with Crippen molar-refractivity contribution in [3.63, 3.8) is 0 Å². The van der Waals surface area contributed by atoms with Crippen molar-refractivity contribution in [2.45, 2.75) is 6.42 Å². The first-order valence-electron chi connectivity index (χ1n) is 8.39. The van der Waals surface area contributed by atoms with E-state index in [1.54, 1.807) is 38.3 Å². The molecule has 0 aliphatic rings. The number of methoxy groups -OCH3 is 2. The number of allylic oxidation sites excluding steroid dienone is 1. The van der Waals surface area contributed by atoms with Gasteiger partial charge in [0.2, 0.25) is 0 Å². The van der Waals surface area contributed by atoms with Crippen molar-refractivity contribution in [2.24, 2.45) is 0 Å². The number of carbonyl (C=O) groups is 1. The summed E-state index contributed by atoms with van der Waals surface area (Å²) in [5.74, 6) is 1.84. The fraction of sp³-hybridized carbons (Fsp3) is 0.286. The Bertz CT molecular complexity index is 743. The molecule has 1 amide bonds. The van der Waals surface area contributed by atoms with Gasteiger partial charge in [-0.2, -0.15) is 0 Å². The van der Waals surface area contributed by atoms with Crippen molar-refractivity contribution in [1.82, 2.24) is 4.90 Å². The molecule has 5 nitrogen and oxygen atoms in total. The predicted octanol–water partition coefficient (Wildman–Crippen LogP) is 3.58. The molecule has 138 valence electrons. The van der Waals surface area contributed by atoms with Gasteiger partial charge in [-0.05, 0) is 30.7 Å². The first-order chi connectivity index (χ1) is 12.6. The lowest BCUT2D eigenvalue weighted by Gasteiger charge is -2.19. The summed E-state index contributed by atoms with van der Waals surface area (Å²) in [4.78, 5) is 14.4. The van der Waals surface area contributed by atoms with Gasteiger partial charge in [0.1, 0.15) is 12.4 Å². The van der Waals surface area contributed by atoms with Gasteiger partial charge in [0.25, 0.3) is 5.91 Å². The summed E-state index contributed by atoms with van der Waals surface area (Å²) >= 11 is 0. The third kappa shape index (κ3) is 4.79. The van der Waals surface area contributed by atoms with E-state index in [2.05, 4.69) is 6.58 Å². The predicted molar refractivity (Wildman–Crippen MR) is 102 cm³/mol. The van der Waals surface area contributed by atoms with Gasteiger partial charge in [-0.1, -0.05) is 24.3 Å². The number of para-hydroxylation sites is 1. The van der Waals surface area contributed by atoms with Crippen molar-refractivity contribution in [3.05, 3.63) is 66.2 Å². The molecule has 0 aliphatic heterocycles. The number of hydrogen-bond donors (Lipinski definition) is 0. The van der Waals surface area contributed by atoms with E-state index in [4.69, 9.17) is 14.2 Å². The monoisotopic (exact) mass is 355 g/mol. The number of hydrogen-bond acceptors (Lipinski definition) is 4. The van der Waals surface area contributed by atoms with Crippen LogP contribution in [0.3, 0.4) is 0 Å². The van der Waals surface area contributed by atoms with Crippen molar-refractivity contribution >= 4 is 5.91 Å². The minimum absolute atomic E-state index is 0.104. The molecule has 0 unspecified atom stereocenters. The molecule has 0 atom stereocenters. The lowest BCUT2D eigenvalue weighted by Crippen LogP contribution is -2.31. The second-order valence-corrected chi connectivity index (χ2v) is 5.75. The average molecular weight is 355 g/mol. The zero-order valence-electron chi connectivity index (χ0n) is 15.5. The molecule has 0 saturated heterocycles. The molecule has 2 aromatic rings. The Morgan fingerprint density at radius 3 is 2.50 bits per heavy atom. The Hall–Kier alpha value is -2.95. The summed E-state index contributed by atoms with van der Waals surface area (Å²) in [5.41, 5.74) is 1.40. The van der Waals surface area contributed by atoms with Gasteiger partial charge in [-0.25, -0.2) is 0 Å². The van der Waals surface area contributed by atoms with Gasteiger partial charge in [-0.3, -0.25) is 4.79 Å². The summed E-state index contributed by atoms with van der Waals surface area (Å²) in [5, 5.41) is 0. The molecular weight excluding hydrogens is 330 g/mol. The molecule has 0 spiro atoms. The lowest BCUT2D eigenvalue weighted by molar-refractivity contribution is 0.0773. The molecule has 2 aromatic carbocycles. The summed E-state index contributed by atoms with van der Waals surface area (Å²) in [6.45, 7) is 4.64. The lowest BCUT2D eigenvalue weighted by atomic mass is 10.0. The molecule has 0 aliphatic carbocycles. The topological polar surface area (TPSA) is 48.0 Å². The number of likely N-dealkylation sites (N-methyl/N-ethyl adjacent to an activating group) is 1. The van der Waals surface area contributed by atoms with Crippen LogP contribution in [0.1, 0.15) is 15.9 Å². The van der Waals surface area contributed by atoms with Gasteiger partial charge < -0.3 is 19.1 Å². The van der Waals surface area contributed by atoms with Gasteiger partial charge in [0.05, 0.1) is 20.8 Å². The fourth-order valence-electron chi connectivity index (χ4n) is 2.61. The zero-order chi connectivity index (χ0) is 18.9. The van der Waals surface area contributed by atoms with Gasteiger partial charge in [0, 0.05) is 18.2 Å². The summed E-state index contributed by atoms with van der Waals surface area (Å²) in [6.07, 6.45) is 2.35. The van der Waals surface area contributed by atoms with Crippen LogP contribution in [0.2, 0.25) is 0 Å². The number of ether oxygens (including phenoxy) is 3. The molecule has 0 fully saturated rings. The molecule has 0 radical (unpaired) electrons. The summed E-state index contributed by atoms with van der Waals surface area (Å²) in [7, 11) is 4.89. The second-order valence-electron chi connectivity index (χ2n) is 5.75. The molecule has 0 bridgehead atoms. The number of nitrogens with zero attached hydrogens (tertiary/aromatic N) is 1. The van der Waals surface area contributed by atoms with E-state index in [0.29, 0.717) is 36.6 Å². The molecule has 0 N–H and O–H groups in total. The average Bonchev–Trinajstić information content (AvgIpc) is 2.67. The Morgan fingerprint density at radius 2 is 1.88 bits per heavy atom. The van der Waals surface area contributed by atoms with E-state index in [1.165, 1.54) is 0 Å². The van der Waals surface area contributed by atoms with Crippen molar-refractivity contribution in [1.29, 1.82) is 0 Å². The Labute approximate surface area is 154 Å². The van der Waals surface area contributed by atoms with Crippen LogP contribution in [-0.4, -0.2) is 45.2 Å². The number of carbonyl (C=O) groups excluding carboxylic acids is 1. The molecule has 26 heavy (non-hydrogen) atoms. The molecule has 2 rings (SSSR count). The normalized spacial score (nSPS) is 10.1. The minimum atomic E-state index is -0.104. The van der Waals surface area contributed by atoms with Crippen molar-refractivity contribution in [3.8, 4) is 17.2 Å². The van der Waals surface area contributed by atoms with Gasteiger partial charge >= 0.3 is 0 Å². The highest BCUT2D eigenvalue weighted by atomic mass is 16.5. The molecule has 5 heteroatoms. The molecular formula is C21H25NO4. The SMILES string of the molecule is C=CCc1cc(C(=O)N(C)CCOc2ccccc2)cc(OC)c1OC. The maximum absolute atomic E-state index is 12.8. The standard InChI is InChI=1S/C21H25NO4/c1-5-9-16-14-17(15-19(24-3)20(16)25-4)21(23)22(2)12-13-26-18-10-7-6-8-11-18/h5-8,10-11,14-15H,1,9,12-13H2,2-4H3. The Balaban J connectivity index is 2.09. The highest BCUT2D eigenvalue weighted by Gasteiger charge is 2.18. The zero-order valence-corrected chi connectivity index (χ0v) is 15.5.